The average Bonchev–Trinajstić information content (AvgIpc) is 3.39. The van der Waals surface area contributed by atoms with Gasteiger partial charge in [-0.05, 0) is 49.6 Å². The van der Waals surface area contributed by atoms with E-state index in [2.05, 4.69) is 15.4 Å². The number of hydrogen-bond acceptors (Lipinski definition) is 5. The highest BCUT2D eigenvalue weighted by Gasteiger charge is 2.17. The van der Waals surface area contributed by atoms with Crippen LogP contribution in [0.5, 0.6) is 5.75 Å². The molecule has 0 saturated carbocycles. The third-order valence-electron chi connectivity index (χ3n) is 5.10. The quantitative estimate of drug-likeness (QED) is 0.518. The van der Waals surface area contributed by atoms with Gasteiger partial charge in [-0.3, -0.25) is 4.79 Å². The van der Waals surface area contributed by atoms with Crippen molar-refractivity contribution >= 4 is 28.8 Å². The number of fused-ring (bicyclic) bond motifs is 1. The van der Waals surface area contributed by atoms with Crippen molar-refractivity contribution in [2.24, 2.45) is 5.10 Å². The number of halogens is 1. The van der Waals surface area contributed by atoms with Gasteiger partial charge in [0.05, 0.1) is 19.0 Å². The molecule has 0 spiro atoms. The van der Waals surface area contributed by atoms with Crippen LogP contribution >= 0.6 is 0 Å². The standard InChI is InChI=1S/C22H22FN3O3/c1-14-10-18(26-8-3-4-9-26)17(23)11-16(14)13-24-25-22(27)20-12-15-6-5-7-19(28-2)21(15)29-20/h5-7,10-13H,3-4,8-9H2,1-2H3,(H,25,27)/b24-13-. The Morgan fingerprint density at radius 1 is 1.28 bits per heavy atom. The molecule has 1 saturated heterocycles. The second-order valence-electron chi connectivity index (χ2n) is 7.04. The summed E-state index contributed by atoms with van der Waals surface area (Å²) in [5.41, 5.74) is 5.04. The van der Waals surface area contributed by atoms with E-state index in [0.29, 0.717) is 22.6 Å². The second kappa shape index (κ2) is 7.95. The van der Waals surface area contributed by atoms with Gasteiger partial charge in [0.1, 0.15) is 5.82 Å². The predicted molar refractivity (Wildman–Crippen MR) is 110 cm³/mol. The van der Waals surface area contributed by atoms with Gasteiger partial charge in [0.15, 0.2) is 17.1 Å². The summed E-state index contributed by atoms with van der Waals surface area (Å²) in [6, 6.07) is 10.3. The van der Waals surface area contributed by atoms with E-state index in [-0.39, 0.29) is 11.6 Å². The molecule has 0 bridgehead atoms. The minimum Gasteiger partial charge on any atom is -0.493 e. The highest BCUT2D eigenvalue weighted by Crippen LogP contribution is 2.28. The van der Waals surface area contributed by atoms with E-state index in [4.69, 9.17) is 9.15 Å². The lowest BCUT2D eigenvalue weighted by atomic mass is 10.1. The Labute approximate surface area is 167 Å². The molecule has 1 aromatic heterocycles. The second-order valence-corrected chi connectivity index (χ2v) is 7.04. The molecule has 1 aliphatic heterocycles. The average molecular weight is 395 g/mol. The molecule has 1 fully saturated rings. The first-order valence-corrected chi connectivity index (χ1v) is 9.52. The molecule has 1 amide bonds. The molecule has 1 aliphatic rings. The van der Waals surface area contributed by atoms with E-state index in [9.17, 15) is 9.18 Å². The third kappa shape index (κ3) is 3.81. The fraction of sp³-hybridized carbons (Fsp3) is 0.273. The largest absolute Gasteiger partial charge is 0.493 e. The number of aryl methyl sites for hydroxylation is 1. The normalized spacial score (nSPS) is 14.1. The fourth-order valence-electron chi connectivity index (χ4n) is 3.55. The van der Waals surface area contributed by atoms with Crippen LogP contribution in [0, 0.1) is 12.7 Å². The van der Waals surface area contributed by atoms with Crippen LogP contribution in [0.1, 0.15) is 34.5 Å². The molecule has 0 radical (unpaired) electrons. The summed E-state index contributed by atoms with van der Waals surface area (Å²) in [4.78, 5) is 14.4. The number of benzene rings is 2. The summed E-state index contributed by atoms with van der Waals surface area (Å²) < 4.78 is 25.3. The molecule has 1 N–H and O–H groups in total. The molecular formula is C22H22FN3O3. The number of rotatable bonds is 5. The Balaban J connectivity index is 1.48. The van der Waals surface area contributed by atoms with Crippen LogP contribution in [0.15, 0.2) is 45.9 Å². The molecule has 7 heteroatoms. The Morgan fingerprint density at radius 3 is 2.83 bits per heavy atom. The van der Waals surface area contributed by atoms with Gasteiger partial charge < -0.3 is 14.1 Å². The van der Waals surface area contributed by atoms with E-state index in [1.165, 1.54) is 19.4 Å². The van der Waals surface area contributed by atoms with Crippen molar-refractivity contribution in [1.29, 1.82) is 0 Å². The molecule has 3 aromatic rings. The van der Waals surface area contributed by atoms with Crippen LogP contribution < -0.4 is 15.1 Å². The molecule has 0 unspecified atom stereocenters. The number of carbonyl (C=O) groups excluding carboxylic acids is 1. The smallest absolute Gasteiger partial charge is 0.307 e. The summed E-state index contributed by atoms with van der Waals surface area (Å²) in [7, 11) is 1.54. The maximum Gasteiger partial charge on any atom is 0.307 e. The minimum absolute atomic E-state index is 0.119. The molecule has 150 valence electrons. The zero-order chi connectivity index (χ0) is 20.4. The van der Waals surface area contributed by atoms with Gasteiger partial charge in [-0.25, -0.2) is 9.82 Å². The number of nitrogens with one attached hydrogen (secondary N) is 1. The van der Waals surface area contributed by atoms with Crippen molar-refractivity contribution in [3.05, 3.63) is 59.1 Å². The monoisotopic (exact) mass is 395 g/mol. The van der Waals surface area contributed by atoms with E-state index >= 15 is 0 Å². The zero-order valence-corrected chi connectivity index (χ0v) is 16.4. The van der Waals surface area contributed by atoms with E-state index < -0.39 is 5.91 Å². The van der Waals surface area contributed by atoms with Crippen molar-refractivity contribution in [3.8, 4) is 5.75 Å². The molecule has 2 heterocycles. The Morgan fingerprint density at radius 2 is 2.07 bits per heavy atom. The number of anilines is 1. The number of para-hydroxylation sites is 1. The van der Waals surface area contributed by atoms with Crippen molar-refractivity contribution in [1.82, 2.24) is 5.43 Å². The van der Waals surface area contributed by atoms with Crippen LogP contribution in [0.25, 0.3) is 11.0 Å². The highest BCUT2D eigenvalue weighted by atomic mass is 19.1. The molecule has 2 aromatic carbocycles. The summed E-state index contributed by atoms with van der Waals surface area (Å²) in [5, 5.41) is 4.72. The van der Waals surface area contributed by atoms with Crippen LogP contribution in [-0.2, 0) is 0 Å². The molecule has 0 atom stereocenters. The summed E-state index contributed by atoms with van der Waals surface area (Å²) in [5.74, 6) is -0.107. The number of methoxy groups -OCH3 is 1. The Kier molecular flexibility index (Phi) is 5.20. The molecule has 29 heavy (non-hydrogen) atoms. The van der Waals surface area contributed by atoms with Crippen LogP contribution in [-0.4, -0.2) is 32.3 Å². The highest BCUT2D eigenvalue weighted by molar-refractivity contribution is 5.97. The molecular weight excluding hydrogens is 373 g/mol. The van der Waals surface area contributed by atoms with Crippen molar-refractivity contribution < 1.29 is 18.3 Å². The maximum atomic E-state index is 14.5. The third-order valence-corrected chi connectivity index (χ3v) is 5.10. The first-order valence-electron chi connectivity index (χ1n) is 9.52. The number of furan rings is 1. The Bertz CT molecular complexity index is 1080. The molecule has 0 aliphatic carbocycles. The van der Waals surface area contributed by atoms with Crippen molar-refractivity contribution in [2.45, 2.75) is 19.8 Å². The lowest BCUT2D eigenvalue weighted by molar-refractivity contribution is 0.0929. The van der Waals surface area contributed by atoms with Crippen LogP contribution in [0.2, 0.25) is 0 Å². The number of ether oxygens (including phenoxy) is 1. The van der Waals surface area contributed by atoms with Crippen molar-refractivity contribution in [3.63, 3.8) is 0 Å². The lowest BCUT2D eigenvalue weighted by Gasteiger charge is -2.19. The van der Waals surface area contributed by atoms with E-state index in [1.807, 2.05) is 25.1 Å². The van der Waals surface area contributed by atoms with E-state index in [1.54, 1.807) is 12.1 Å². The van der Waals surface area contributed by atoms with Gasteiger partial charge in [-0.15, -0.1) is 0 Å². The predicted octanol–water partition coefficient (Wildman–Crippen LogP) is 4.25. The van der Waals surface area contributed by atoms with Gasteiger partial charge >= 0.3 is 5.91 Å². The molecule has 4 rings (SSSR count). The van der Waals surface area contributed by atoms with Gasteiger partial charge in [-0.2, -0.15) is 5.10 Å². The van der Waals surface area contributed by atoms with Gasteiger partial charge in [0, 0.05) is 24.0 Å². The van der Waals surface area contributed by atoms with Gasteiger partial charge in [0.25, 0.3) is 0 Å². The van der Waals surface area contributed by atoms with Gasteiger partial charge in [0.2, 0.25) is 0 Å². The lowest BCUT2D eigenvalue weighted by Crippen LogP contribution is -2.19. The number of hydrazone groups is 1. The number of amides is 1. The van der Waals surface area contributed by atoms with Crippen molar-refractivity contribution in [2.75, 3.05) is 25.1 Å². The molecule has 6 nitrogen and oxygen atoms in total. The first-order chi connectivity index (χ1) is 14.1. The summed E-state index contributed by atoms with van der Waals surface area (Å²) >= 11 is 0. The van der Waals surface area contributed by atoms with E-state index in [0.717, 1.165) is 36.9 Å². The minimum atomic E-state index is -0.494. The fourth-order valence-corrected chi connectivity index (χ4v) is 3.55. The number of nitrogens with zero attached hydrogens (tertiary/aromatic N) is 2. The first kappa shape index (κ1) is 19.0. The zero-order valence-electron chi connectivity index (χ0n) is 16.4. The number of hydrogen-bond donors (Lipinski definition) is 1. The van der Waals surface area contributed by atoms with Gasteiger partial charge in [-0.1, -0.05) is 12.1 Å². The van der Waals surface area contributed by atoms with Crippen LogP contribution in [0.4, 0.5) is 10.1 Å². The Hall–Kier alpha value is -3.35. The van der Waals surface area contributed by atoms with Crippen LogP contribution in [0.3, 0.4) is 0 Å². The topological polar surface area (TPSA) is 67.1 Å². The summed E-state index contributed by atoms with van der Waals surface area (Å²) in [6.07, 6.45) is 3.61. The summed E-state index contributed by atoms with van der Waals surface area (Å²) in [6.45, 7) is 3.65. The number of carbonyl (C=O) groups is 1. The maximum absolute atomic E-state index is 14.5. The SMILES string of the molecule is COc1cccc2cc(C(=O)N/N=C\c3cc(F)c(N4CCCC4)cc3C)oc12.